The van der Waals surface area contributed by atoms with Crippen molar-refractivity contribution in [3.05, 3.63) is 0 Å². The first-order valence-corrected chi connectivity index (χ1v) is 4.93. The Hall–Kier alpha value is -0.650. The summed E-state index contributed by atoms with van der Waals surface area (Å²) in [6, 6.07) is 0.130. The van der Waals surface area contributed by atoms with Crippen LogP contribution in [-0.4, -0.2) is 56.2 Å². The van der Waals surface area contributed by atoms with Crippen molar-refractivity contribution in [1.29, 1.82) is 0 Å². The first kappa shape index (κ1) is 11.4. The van der Waals surface area contributed by atoms with Crippen LogP contribution in [0.2, 0.25) is 0 Å². The Kier molecular flexibility index (Phi) is 4.31. The Morgan fingerprint density at radius 1 is 1.71 bits per heavy atom. The van der Waals surface area contributed by atoms with E-state index in [2.05, 4.69) is 17.1 Å². The van der Waals surface area contributed by atoms with Crippen LogP contribution in [0.3, 0.4) is 0 Å². The minimum absolute atomic E-state index is 0.0294. The highest BCUT2D eigenvalue weighted by atomic mass is 16.5. The molecule has 0 aromatic carbocycles. The Morgan fingerprint density at radius 2 is 2.43 bits per heavy atom. The first-order chi connectivity index (χ1) is 6.70. The number of nitrogens with one attached hydrogen (secondary N) is 1. The van der Waals surface area contributed by atoms with Gasteiger partial charge in [0.15, 0.2) is 0 Å². The number of hydrogen-bond acceptors (Lipinski definition) is 4. The highest BCUT2D eigenvalue weighted by Crippen LogP contribution is 2.09. The zero-order valence-corrected chi connectivity index (χ0v) is 8.82. The smallest absolute Gasteiger partial charge is 0.238 e. The summed E-state index contributed by atoms with van der Waals surface area (Å²) in [5, 5.41) is 2.84. The van der Waals surface area contributed by atoms with Crippen molar-refractivity contribution in [2.24, 2.45) is 5.73 Å². The van der Waals surface area contributed by atoms with E-state index < -0.39 is 0 Å². The van der Waals surface area contributed by atoms with Gasteiger partial charge < -0.3 is 15.8 Å². The third-order valence-corrected chi connectivity index (χ3v) is 2.62. The lowest BCUT2D eigenvalue weighted by molar-refractivity contribution is -0.130. The zero-order chi connectivity index (χ0) is 10.6. The molecule has 1 fully saturated rings. The van der Waals surface area contributed by atoms with Crippen molar-refractivity contribution in [1.82, 2.24) is 10.2 Å². The van der Waals surface area contributed by atoms with Crippen molar-refractivity contribution < 1.29 is 9.53 Å². The second-order valence-corrected chi connectivity index (χ2v) is 3.58. The highest BCUT2D eigenvalue weighted by molar-refractivity contribution is 5.82. The van der Waals surface area contributed by atoms with Gasteiger partial charge in [-0.15, -0.1) is 0 Å². The summed E-state index contributed by atoms with van der Waals surface area (Å²) in [5.74, 6) is 0.0294. The number of rotatable bonds is 4. The van der Waals surface area contributed by atoms with Gasteiger partial charge in [-0.3, -0.25) is 9.69 Å². The van der Waals surface area contributed by atoms with E-state index in [0.29, 0.717) is 25.7 Å². The number of carbonyl (C=O) groups excluding carboxylic acids is 1. The van der Waals surface area contributed by atoms with Crippen molar-refractivity contribution >= 4 is 5.91 Å². The average molecular weight is 201 g/mol. The molecule has 0 saturated carbocycles. The fourth-order valence-electron chi connectivity index (χ4n) is 1.76. The van der Waals surface area contributed by atoms with Crippen LogP contribution in [0.1, 0.15) is 6.92 Å². The maximum absolute atomic E-state index is 11.5. The summed E-state index contributed by atoms with van der Waals surface area (Å²) in [7, 11) is 1.66. The predicted octanol–water partition coefficient (Wildman–Crippen LogP) is -1.22. The zero-order valence-electron chi connectivity index (χ0n) is 8.82. The fraction of sp³-hybridized carbons (Fsp3) is 0.889. The summed E-state index contributed by atoms with van der Waals surface area (Å²) in [6.45, 7) is 4.53. The summed E-state index contributed by atoms with van der Waals surface area (Å²) >= 11 is 0. The van der Waals surface area contributed by atoms with Gasteiger partial charge >= 0.3 is 0 Å². The monoisotopic (exact) mass is 201 g/mol. The Labute approximate surface area is 84.6 Å². The quantitative estimate of drug-likeness (QED) is 0.598. The summed E-state index contributed by atoms with van der Waals surface area (Å²) < 4.78 is 5.01. The molecule has 1 amide bonds. The number of methoxy groups -OCH3 is 1. The van der Waals surface area contributed by atoms with Crippen LogP contribution < -0.4 is 11.1 Å². The van der Waals surface area contributed by atoms with E-state index in [-0.39, 0.29) is 11.9 Å². The normalized spacial score (nSPS) is 28.9. The third-order valence-electron chi connectivity index (χ3n) is 2.62. The molecule has 0 bridgehead atoms. The second-order valence-electron chi connectivity index (χ2n) is 3.58. The lowest BCUT2D eigenvalue weighted by atomic mass is 10.1. The number of nitrogens with two attached hydrogens (primary N) is 1. The van der Waals surface area contributed by atoms with Crippen molar-refractivity contribution in [2.75, 3.05) is 33.4 Å². The maximum Gasteiger partial charge on any atom is 0.238 e. The van der Waals surface area contributed by atoms with Crippen LogP contribution >= 0.6 is 0 Å². The van der Waals surface area contributed by atoms with E-state index in [1.165, 1.54) is 0 Å². The van der Waals surface area contributed by atoms with E-state index in [1.54, 1.807) is 7.11 Å². The van der Waals surface area contributed by atoms with Crippen LogP contribution in [0.25, 0.3) is 0 Å². The molecule has 1 aliphatic rings. The average Bonchev–Trinajstić information content (AvgIpc) is 2.19. The first-order valence-electron chi connectivity index (χ1n) is 4.93. The molecule has 5 heteroatoms. The second kappa shape index (κ2) is 5.29. The number of nitrogens with zero attached hydrogens (tertiary/aromatic N) is 1. The SMILES string of the molecule is COCCN1C(C)CNC(=O)C1CN. The van der Waals surface area contributed by atoms with Gasteiger partial charge in [0.25, 0.3) is 0 Å². The number of carbonyl (C=O) groups is 1. The molecular formula is C9H19N3O2. The minimum Gasteiger partial charge on any atom is -0.383 e. The molecule has 0 radical (unpaired) electrons. The molecule has 0 aliphatic carbocycles. The van der Waals surface area contributed by atoms with E-state index >= 15 is 0 Å². The van der Waals surface area contributed by atoms with E-state index in [4.69, 9.17) is 10.5 Å². The largest absolute Gasteiger partial charge is 0.383 e. The third kappa shape index (κ3) is 2.43. The molecule has 1 heterocycles. The van der Waals surface area contributed by atoms with E-state index in [9.17, 15) is 4.79 Å². The number of ether oxygens (including phenoxy) is 1. The van der Waals surface area contributed by atoms with Crippen LogP contribution in [0, 0.1) is 0 Å². The number of hydrogen-bond donors (Lipinski definition) is 2. The molecule has 14 heavy (non-hydrogen) atoms. The van der Waals surface area contributed by atoms with Gasteiger partial charge in [0.1, 0.15) is 6.04 Å². The van der Waals surface area contributed by atoms with Gasteiger partial charge in [0.05, 0.1) is 6.61 Å². The number of piperazine rings is 1. The highest BCUT2D eigenvalue weighted by Gasteiger charge is 2.32. The van der Waals surface area contributed by atoms with Gasteiger partial charge in [-0.25, -0.2) is 0 Å². The van der Waals surface area contributed by atoms with Crippen LogP contribution in [-0.2, 0) is 9.53 Å². The van der Waals surface area contributed by atoms with Crippen molar-refractivity contribution in [2.45, 2.75) is 19.0 Å². The van der Waals surface area contributed by atoms with Crippen molar-refractivity contribution in [3.63, 3.8) is 0 Å². The molecule has 0 spiro atoms. The minimum atomic E-state index is -0.200. The molecule has 82 valence electrons. The van der Waals surface area contributed by atoms with Gasteiger partial charge in [-0.1, -0.05) is 0 Å². The van der Waals surface area contributed by atoms with Gasteiger partial charge in [0.2, 0.25) is 5.91 Å². The molecule has 1 saturated heterocycles. The molecule has 0 aromatic heterocycles. The van der Waals surface area contributed by atoms with Crippen LogP contribution in [0.4, 0.5) is 0 Å². The lowest BCUT2D eigenvalue weighted by Crippen LogP contribution is -2.62. The molecule has 2 unspecified atom stereocenters. The van der Waals surface area contributed by atoms with Gasteiger partial charge in [-0.05, 0) is 6.92 Å². The fourth-order valence-corrected chi connectivity index (χ4v) is 1.76. The Morgan fingerprint density at radius 3 is 3.00 bits per heavy atom. The van der Waals surface area contributed by atoms with E-state index in [1.807, 2.05) is 0 Å². The molecule has 1 aliphatic heterocycles. The van der Waals surface area contributed by atoms with Crippen LogP contribution in [0.5, 0.6) is 0 Å². The van der Waals surface area contributed by atoms with Crippen molar-refractivity contribution in [3.8, 4) is 0 Å². The molecule has 3 N–H and O–H groups in total. The lowest BCUT2D eigenvalue weighted by Gasteiger charge is -2.39. The van der Waals surface area contributed by atoms with E-state index in [0.717, 1.165) is 6.54 Å². The predicted molar refractivity (Wildman–Crippen MR) is 53.9 cm³/mol. The molecule has 0 aromatic rings. The summed E-state index contributed by atoms with van der Waals surface area (Å²) in [6.07, 6.45) is 0. The molecule has 5 nitrogen and oxygen atoms in total. The topological polar surface area (TPSA) is 67.6 Å². The standard InChI is InChI=1S/C9H19N3O2/c1-7-6-11-9(13)8(5-10)12(7)3-4-14-2/h7-8H,3-6,10H2,1-2H3,(H,11,13). The molecular weight excluding hydrogens is 182 g/mol. The van der Waals surface area contributed by atoms with Gasteiger partial charge in [-0.2, -0.15) is 0 Å². The maximum atomic E-state index is 11.5. The summed E-state index contributed by atoms with van der Waals surface area (Å²) in [5.41, 5.74) is 5.57. The Bertz CT molecular complexity index is 198. The van der Waals surface area contributed by atoms with Gasteiger partial charge in [0, 0.05) is 32.8 Å². The Balaban J connectivity index is 2.58. The number of amides is 1. The summed E-state index contributed by atoms with van der Waals surface area (Å²) in [4.78, 5) is 13.6. The molecule has 2 atom stereocenters. The molecule has 1 rings (SSSR count). The van der Waals surface area contributed by atoms with Crippen LogP contribution in [0.15, 0.2) is 0 Å².